The van der Waals surface area contributed by atoms with Gasteiger partial charge in [-0.25, -0.2) is 4.79 Å². The Kier molecular flexibility index (Phi) is 6.17. The molecule has 0 bridgehead atoms. The average Bonchev–Trinajstić information content (AvgIpc) is 3.10. The van der Waals surface area contributed by atoms with Crippen molar-refractivity contribution >= 4 is 37.1 Å². The zero-order chi connectivity index (χ0) is 21.1. The number of anilines is 1. The molecule has 2 heterocycles. The Morgan fingerprint density at radius 2 is 2.17 bits per heavy atom. The Morgan fingerprint density at radius 1 is 1.41 bits per heavy atom. The van der Waals surface area contributed by atoms with Gasteiger partial charge in [-0.3, -0.25) is 4.79 Å². The first kappa shape index (κ1) is 20.8. The summed E-state index contributed by atoms with van der Waals surface area (Å²) in [4.78, 5) is 37.5. The molecule has 3 N–H and O–H groups in total. The van der Waals surface area contributed by atoms with E-state index in [0.29, 0.717) is 17.6 Å². The van der Waals surface area contributed by atoms with Crippen LogP contribution in [0.3, 0.4) is 0 Å². The molecule has 0 aromatic heterocycles. The van der Waals surface area contributed by atoms with Crippen LogP contribution in [0.5, 0.6) is 0 Å². The van der Waals surface area contributed by atoms with Crippen LogP contribution >= 0.6 is 7.92 Å². The van der Waals surface area contributed by atoms with E-state index in [-0.39, 0.29) is 25.3 Å². The van der Waals surface area contributed by atoms with Crippen LogP contribution in [-0.4, -0.2) is 59.8 Å². The number of hydrogen-bond donors (Lipinski definition) is 2. The van der Waals surface area contributed by atoms with Gasteiger partial charge in [0.25, 0.3) is 5.91 Å². The summed E-state index contributed by atoms with van der Waals surface area (Å²) in [6.07, 6.45) is -1.44. The van der Waals surface area contributed by atoms with E-state index in [1.165, 1.54) is 23.1 Å². The Hall–Kier alpha value is -2.93. The molecular formula is C18H17FN3O6P. The quantitative estimate of drug-likeness (QED) is 0.694. The van der Waals surface area contributed by atoms with Gasteiger partial charge in [0.1, 0.15) is 0 Å². The largest absolute Gasteiger partial charge is 0.434 e. The number of ether oxygens (including phenoxy) is 1. The van der Waals surface area contributed by atoms with Gasteiger partial charge in [0.05, 0.1) is 6.54 Å². The number of hydrogen-bond acceptors (Lipinski definition) is 6. The molecule has 2 atom stereocenters. The molecule has 1 aromatic rings. The topological polar surface area (TPSA) is 130 Å². The maximum atomic E-state index is 14.7. The summed E-state index contributed by atoms with van der Waals surface area (Å²) in [5.41, 5.74) is 8.42. The number of carbonyl (C=O) groups excluding carboxylic acids is 3. The predicted molar refractivity (Wildman–Crippen MR) is 99.9 cm³/mol. The number of aliphatic hydroxyl groups is 1. The van der Waals surface area contributed by atoms with Crippen molar-refractivity contribution in [1.82, 2.24) is 4.90 Å². The van der Waals surface area contributed by atoms with Crippen molar-refractivity contribution in [3.63, 3.8) is 0 Å². The van der Waals surface area contributed by atoms with Crippen LogP contribution in [0.15, 0.2) is 24.3 Å². The monoisotopic (exact) mass is 421 g/mol. The number of cyclic esters (lactones) is 1. The first-order valence-corrected chi connectivity index (χ1v) is 9.44. The van der Waals surface area contributed by atoms with Crippen LogP contribution in [0.4, 0.5) is 14.9 Å². The summed E-state index contributed by atoms with van der Waals surface area (Å²) < 4.78 is 29.9. The van der Waals surface area contributed by atoms with Gasteiger partial charge in [-0.2, -0.15) is 0 Å². The van der Waals surface area contributed by atoms with Crippen molar-refractivity contribution in [2.75, 3.05) is 24.5 Å². The van der Waals surface area contributed by atoms with Gasteiger partial charge in [-0.05, 0) is 0 Å². The molecule has 0 radical (unpaired) electrons. The predicted octanol–water partition coefficient (Wildman–Crippen LogP) is 0.864. The molecule has 2 aliphatic heterocycles. The molecule has 1 aromatic carbocycles. The number of aliphatic hydroxyl groups excluding tert-OH is 1. The maximum absolute atomic E-state index is 14.7. The van der Waals surface area contributed by atoms with Crippen molar-refractivity contribution in [1.29, 1.82) is 0 Å². The molecule has 152 valence electrons. The molecule has 9 nitrogen and oxygen atoms in total. The van der Waals surface area contributed by atoms with Crippen molar-refractivity contribution < 1.29 is 33.2 Å². The smallest absolute Gasteiger partial charge is 0.415 e. The van der Waals surface area contributed by atoms with E-state index in [0.717, 1.165) is 4.90 Å². The zero-order valence-electron chi connectivity index (χ0n) is 15.1. The summed E-state index contributed by atoms with van der Waals surface area (Å²) >= 11 is 0. The first-order chi connectivity index (χ1) is 13.8. The third kappa shape index (κ3) is 4.40. The van der Waals surface area contributed by atoms with Crippen LogP contribution in [-0.2, 0) is 18.9 Å². The van der Waals surface area contributed by atoms with Crippen LogP contribution in [0, 0.1) is 11.4 Å². The Labute approximate surface area is 166 Å². The standard InChI is InChI=1S/C18H17FN3O6P/c19-13-7-11(22-8-15(16(20)24)28-18(22)26)1-2-12(13)10-3-5-21(6-4-10)17(25)14(23)9-29-27/h1-3,7,14-15,23H,4-6,8H2,(H2,20,24)/t14-,15-/m1/s1. The van der Waals surface area contributed by atoms with Crippen molar-refractivity contribution in [2.45, 2.75) is 18.6 Å². The number of nitrogens with zero attached hydrogens (tertiary/aromatic N) is 2. The number of primary amides is 1. The van der Waals surface area contributed by atoms with Crippen LogP contribution in [0.1, 0.15) is 12.0 Å². The van der Waals surface area contributed by atoms with Gasteiger partial charge in [-0.15, -0.1) is 0 Å². The molecule has 2 aliphatic rings. The summed E-state index contributed by atoms with van der Waals surface area (Å²) in [7, 11) is -0.562. The minimum absolute atomic E-state index is 0.0914. The van der Waals surface area contributed by atoms with E-state index >= 15 is 0 Å². The van der Waals surface area contributed by atoms with Gasteiger partial charge >= 0.3 is 127 Å². The number of nitrogens with two attached hydrogens (primary N) is 1. The number of amides is 3. The van der Waals surface area contributed by atoms with Crippen molar-refractivity contribution in [3.05, 3.63) is 35.7 Å². The summed E-state index contributed by atoms with van der Waals surface area (Å²) in [6, 6.07) is 4.20. The number of carbonyl (C=O) groups is 3. The molecule has 3 rings (SSSR count). The average molecular weight is 421 g/mol. The summed E-state index contributed by atoms with van der Waals surface area (Å²) in [5, 5.41) is 9.54. The molecule has 3 amide bonds. The molecule has 0 aliphatic carbocycles. The molecule has 11 heteroatoms. The first-order valence-electron chi connectivity index (χ1n) is 8.63. The van der Waals surface area contributed by atoms with E-state index in [1.54, 1.807) is 6.08 Å². The summed E-state index contributed by atoms with van der Waals surface area (Å²) in [5.74, 6) is -1.98. The number of halogens is 1. The van der Waals surface area contributed by atoms with Gasteiger partial charge in [-0.1, -0.05) is 0 Å². The SMILES string of the molecule is NC(=O)[C@H]1CN(c2ccc(C3=CCN(C(=O)[C@H](O)C#P=O)CC3)c(F)c2)C(=O)O1. The van der Waals surface area contributed by atoms with Gasteiger partial charge in [0.15, 0.2) is 6.10 Å². The number of rotatable bonds is 4. The van der Waals surface area contributed by atoms with Gasteiger partial charge in [0.2, 0.25) is 0 Å². The van der Waals surface area contributed by atoms with Gasteiger partial charge < -0.3 is 10.5 Å². The summed E-state index contributed by atoms with van der Waals surface area (Å²) in [6.45, 7) is 0.313. The second-order valence-electron chi connectivity index (χ2n) is 6.44. The third-order valence-corrected chi connectivity index (χ3v) is 5.02. The van der Waals surface area contributed by atoms with Crippen LogP contribution in [0.2, 0.25) is 0 Å². The molecule has 0 unspecified atom stereocenters. The Balaban J connectivity index is 1.74. The normalized spacial score (nSPS) is 19.9. The van der Waals surface area contributed by atoms with Crippen LogP contribution < -0.4 is 10.6 Å². The van der Waals surface area contributed by atoms with E-state index in [4.69, 9.17) is 10.5 Å². The van der Waals surface area contributed by atoms with Crippen LogP contribution in [0.25, 0.3) is 5.57 Å². The van der Waals surface area contributed by atoms with Crippen molar-refractivity contribution in [2.24, 2.45) is 5.73 Å². The fourth-order valence-corrected chi connectivity index (χ4v) is 3.36. The molecular weight excluding hydrogens is 404 g/mol. The molecule has 1 fully saturated rings. The third-order valence-electron chi connectivity index (χ3n) is 4.67. The Morgan fingerprint density at radius 3 is 2.72 bits per heavy atom. The van der Waals surface area contributed by atoms with Crippen molar-refractivity contribution in [3.8, 4) is 5.63 Å². The van der Waals surface area contributed by atoms with Gasteiger partial charge in [0, 0.05) is 0 Å². The van der Waals surface area contributed by atoms with E-state index in [9.17, 15) is 28.4 Å². The minimum Gasteiger partial charge on any atom is -0.434 e. The fourth-order valence-electron chi connectivity index (χ4n) is 3.15. The molecule has 0 saturated carbocycles. The van der Waals surface area contributed by atoms with E-state index in [1.807, 2.05) is 0 Å². The fraction of sp³-hybridized carbons (Fsp3) is 0.333. The second kappa shape index (κ2) is 8.61. The van der Waals surface area contributed by atoms with E-state index < -0.39 is 43.8 Å². The molecule has 0 spiro atoms. The Bertz CT molecular complexity index is 1010. The number of benzene rings is 1. The van der Waals surface area contributed by atoms with E-state index in [2.05, 4.69) is 5.63 Å². The minimum atomic E-state index is -1.58. The second-order valence-corrected chi connectivity index (χ2v) is 6.88. The zero-order valence-corrected chi connectivity index (χ0v) is 16.0. The molecule has 1 saturated heterocycles. The molecule has 29 heavy (non-hydrogen) atoms. The maximum Gasteiger partial charge on any atom is 0.415 e.